The lowest BCUT2D eigenvalue weighted by Crippen LogP contribution is -2.37. The van der Waals surface area contributed by atoms with Gasteiger partial charge >= 0.3 is 0 Å². The number of hydrogen-bond donors (Lipinski definition) is 1. The van der Waals surface area contributed by atoms with Gasteiger partial charge < -0.3 is 10.2 Å². The maximum Gasteiger partial charge on any atom is 0.255 e. The van der Waals surface area contributed by atoms with Gasteiger partial charge in [0.25, 0.3) is 6.43 Å². The van der Waals surface area contributed by atoms with Gasteiger partial charge in [-0.2, -0.15) is 5.10 Å². The van der Waals surface area contributed by atoms with Gasteiger partial charge in [0, 0.05) is 31.9 Å². The fourth-order valence-corrected chi connectivity index (χ4v) is 3.15. The molecule has 1 fully saturated rings. The number of aromatic nitrogens is 3. The lowest BCUT2D eigenvalue weighted by molar-refractivity contribution is -0.122. The summed E-state index contributed by atoms with van der Waals surface area (Å²) in [5.74, 6) is 0.837. The summed E-state index contributed by atoms with van der Waals surface area (Å²) in [7, 11) is 0. The first-order chi connectivity index (χ1) is 11.5. The molecule has 130 valence electrons. The quantitative estimate of drug-likeness (QED) is 0.907. The summed E-state index contributed by atoms with van der Waals surface area (Å²) in [6.45, 7) is 2.97. The number of rotatable bonds is 5. The Morgan fingerprint density at radius 3 is 2.88 bits per heavy atom. The third-order valence-corrected chi connectivity index (χ3v) is 4.33. The van der Waals surface area contributed by atoms with Crippen LogP contribution >= 0.6 is 0 Å². The number of fused-ring (bicyclic) bond motifs is 1. The maximum atomic E-state index is 12.1. The zero-order chi connectivity index (χ0) is 17.1. The summed E-state index contributed by atoms with van der Waals surface area (Å²) < 4.78 is 26.0. The van der Waals surface area contributed by atoms with Crippen LogP contribution in [0.3, 0.4) is 0 Å². The molecular formula is C16H21F2N5O. The summed E-state index contributed by atoms with van der Waals surface area (Å²) >= 11 is 0. The first-order valence-corrected chi connectivity index (χ1v) is 8.13. The minimum Gasteiger partial charge on any atom is -0.355 e. The van der Waals surface area contributed by atoms with E-state index in [9.17, 15) is 13.6 Å². The first-order valence-electron chi connectivity index (χ1n) is 8.13. The van der Waals surface area contributed by atoms with E-state index in [1.165, 1.54) is 0 Å². The van der Waals surface area contributed by atoms with Crippen molar-refractivity contribution in [2.45, 2.75) is 32.6 Å². The molecule has 0 unspecified atom stereocenters. The van der Waals surface area contributed by atoms with Crippen molar-refractivity contribution in [3.05, 3.63) is 24.2 Å². The number of nitrogens with one attached hydrogen (secondary N) is 1. The minimum absolute atomic E-state index is 0.227. The number of halogens is 2. The predicted molar refractivity (Wildman–Crippen MR) is 86.3 cm³/mol. The van der Waals surface area contributed by atoms with Crippen LogP contribution in [0.1, 0.15) is 25.0 Å². The molecule has 1 N–H and O–H groups in total. The summed E-state index contributed by atoms with van der Waals surface area (Å²) in [5.41, 5.74) is 1.91. The van der Waals surface area contributed by atoms with Crippen molar-refractivity contribution in [2.75, 3.05) is 24.5 Å². The molecule has 0 atom stereocenters. The molecular weight excluding hydrogens is 316 g/mol. The highest BCUT2D eigenvalue weighted by atomic mass is 19.3. The number of alkyl halides is 2. The largest absolute Gasteiger partial charge is 0.355 e. The molecule has 1 aliphatic heterocycles. The Hall–Kier alpha value is -2.25. The molecule has 0 radical (unpaired) electrons. The Bertz CT molecular complexity index is 710. The number of hydrogen-bond acceptors (Lipinski definition) is 4. The Morgan fingerprint density at radius 2 is 2.17 bits per heavy atom. The zero-order valence-corrected chi connectivity index (χ0v) is 13.6. The minimum atomic E-state index is -2.50. The summed E-state index contributed by atoms with van der Waals surface area (Å²) in [4.78, 5) is 18.3. The van der Waals surface area contributed by atoms with Crippen LogP contribution in [0, 0.1) is 12.8 Å². The molecule has 24 heavy (non-hydrogen) atoms. The van der Waals surface area contributed by atoms with Crippen molar-refractivity contribution in [1.82, 2.24) is 19.9 Å². The molecule has 0 bridgehead atoms. The van der Waals surface area contributed by atoms with Gasteiger partial charge in [0.2, 0.25) is 5.91 Å². The van der Waals surface area contributed by atoms with Crippen molar-refractivity contribution in [1.29, 1.82) is 0 Å². The van der Waals surface area contributed by atoms with Gasteiger partial charge in [-0.1, -0.05) is 0 Å². The van der Waals surface area contributed by atoms with Crippen molar-refractivity contribution in [3.63, 3.8) is 0 Å². The predicted octanol–water partition coefficient (Wildman–Crippen LogP) is 2.03. The van der Waals surface area contributed by atoms with E-state index >= 15 is 0 Å². The Kier molecular flexibility index (Phi) is 4.92. The van der Waals surface area contributed by atoms with Crippen LogP contribution < -0.4 is 10.2 Å². The molecule has 8 heteroatoms. The van der Waals surface area contributed by atoms with Gasteiger partial charge in [-0.15, -0.1) is 0 Å². The average molecular weight is 337 g/mol. The molecule has 2 aromatic rings. The first kappa shape index (κ1) is 16.6. The average Bonchev–Trinajstić information content (AvgIpc) is 2.94. The number of carbonyl (C=O) groups excluding carboxylic acids is 1. The highest BCUT2D eigenvalue weighted by molar-refractivity contribution is 5.76. The monoisotopic (exact) mass is 337 g/mol. The lowest BCUT2D eigenvalue weighted by Gasteiger charge is -2.32. The van der Waals surface area contributed by atoms with Crippen LogP contribution in [0.15, 0.2) is 18.5 Å². The normalized spacial score (nSPS) is 16.1. The molecule has 6 nitrogen and oxygen atoms in total. The highest BCUT2D eigenvalue weighted by Crippen LogP contribution is 2.27. The van der Waals surface area contributed by atoms with Crippen LogP contribution in [0.2, 0.25) is 0 Å². The number of amides is 1. The van der Waals surface area contributed by atoms with Gasteiger partial charge in [-0.3, -0.25) is 4.79 Å². The van der Waals surface area contributed by atoms with Crippen molar-refractivity contribution in [2.24, 2.45) is 5.92 Å². The van der Waals surface area contributed by atoms with E-state index in [0.29, 0.717) is 6.42 Å². The number of anilines is 1. The van der Waals surface area contributed by atoms with Crippen LogP contribution in [-0.4, -0.2) is 46.6 Å². The van der Waals surface area contributed by atoms with Crippen LogP contribution in [0.5, 0.6) is 0 Å². The van der Waals surface area contributed by atoms with Crippen LogP contribution in [0.4, 0.5) is 14.6 Å². The molecule has 1 amide bonds. The third kappa shape index (κ3) is 3.80. The lowest BCUT2D eigenvalue weighted by atomic mass is 9.93. The van der Waals surface area contributed by atoms with Gasteiger partial charge in [0.1, 0.15) is 5.52 Å². The highest BCUT2D eigenvalue weighted by Gasteiger charge is 2.24. The standard InChI is InChI=1S/C16H21F2N5O/c1-11-8-13-16(19-4-7-23(13)21-11)22-5-2-12(3-6-22)9-15(24)20-10-14(17)18/h4,7-8,12,14H,2-3,5-6,9-10H2,1H3,(H,20,24). The van der Waals surface area contributed by atoms with Crippen LogP contribution in [-0.2, 0) is 4.79 Å². The molecule has 1 aliphatic rings. The number of piperidine rings is 1. The van der Waals surface area contributed by atoms with E-state index in [2.05, 4.69) is 20.3 Å². The van der Waals surface area contributed by atoms with E-state index in [1.54, 1.807) is 6.20 Å². The SMILES string of the molecule is Cc1cc2c(N3CCC(CC(=O)NCC(F)F)CC3)nccn2n1. The summed E-state index contributed by atoms with van der Waals surface area (Å²) in [5, 5.41) is 6.67. The Morgan fingerprint density at radius 1 is 1.42 bits per heavy atom. The molecule has 2 aromatic heterocycles. The van der Waals surface area contributed by atoms with E-state index in [1.807, 2.05) is 23.7 Å². The topological polar surface area (TPSA) is 62.5 Å². The second-order valence-electron chi connectivity index (χ2n) is 6.20. The molecule has 3 heterocycles. The van der Waals surface area contributed by atoms with Crippen molar-refractivity contribution in [3.8, 4) is 0 Å². The van der Waals surface area contributed by atoms with Gasteiger partial charge in [-0.05, 0) is 31.7 Å². The molecule has 3 rings (SSSR count). The van der Waals surface area contributed by atoms with Crippen molar-refractivity contribution < 1.29 is 13.6 Å². The molecule has 0 aliphatic carbocycles. The van der Waals surface area contributed by atoms with Crippen LogP contribution in [0.25, 0.3) is 5.52 Å². The zero-order valence-electron chi connectivity index (χ0n) is 13.6. The second-order valence-corrected chi connectivity index (χ2v) is 6.20. The Labute approximate surface area is 138 Å². The second kappa shape index (κ2) is 7.11. The van der Waals surface area contributed by atoms with E-state index in [-0.39, 0.29) is 11.8 Å². The fraction of sp³-hybridized carbons (Fsp3) is 0.562. The molecule has 1 saturated heterocycles. The molecule has 0 aromatic carbocycles. The fourth-order valence-electron chi connectivity index (χ4n) is 3.15. The van der Waals surface area contributed by atoms with Crippen molar-refractivity contribution >= 4 is 17.2 Å². The van der Waals surface area contributed by atoms with E-state index < -0.39 is 13.0 Å². The summed E-state index contributed by atoms with van der Waals surface area (Å²) in [6.07, 6.45) is 3.06. The van der Waals surface area contributed by atoms with Gasteiger partial charge in [0.15, 0.2) is 5.82 Å². The molecule has 0 saturated carbocycles. The maximum absolute atomic E-state index is 12.1. The van der Waals surface area contributed by atoms with Gasteiger partial charge in [0.05, 0.1) is 12.2 Å². The number of carbonyl (C=O) groups is 1. The van der Waals surface area contributed by atoms with Gasteiger partial charge in [-0.25, -0.2) is 18.3 Å². The van der Waals surface area contributed by atoms with E-state index in [0.717, 1.165) is 43.0 Å². The summed E-state index contributed by atoms with van der Waals surface area (Å²) in [6, 6.07) is 2.01. The third-order valence-electron chi connectivity index (χ3n) is 4.33. The number of nitrogens with zero attached hydrogens (tertiary/aromatic N) is 4. The molecule has 0 spiro atoms. The number of aryl methyl sites for hydroxylation is 1. The smallest absolute Gasteiger partial charge is 0.255 e. The Balaban J connectivity index is 1.57. The van der Waals surface area contributed by atoms with E-state index in [4.69, 9.17) is 0 Å².